The first-order valence-corrected chi connectivity index (χ1v) is 8.61. The molecule has 1 aliphatic rings. The third kappa shape index (κ3) is 4.15. The maximum atomic E-state index is 12.9. The van der Waals surface area contributed by atoms with E-state index in [9.17, 15) is 14.7 Å². The monoisotopic (exact) mass is 321 g/mol. The summed E-state index contributed by atoms with van der Waals surface area (Å²) in [4.78, 5) is 26.1. The fourth-order valence-electron chi connectivity index (χ4n) is 3.35. The topological polar surface area (TPSA) is 70.8 Å². The van der Waals surface area contributed by atoms with Gasteiger partial charge in [-0.2, -0.15) is 0 Å². The van der Waals surface area contributed by atoms with E-state index in [0.717, 1.165) is 38.6 Å². The lowest BCUT2D eigenvalue weighted by Crippen LogP contribution is -2.40. The van der Waals surface area contributed by atoms with Crippen molar-refractivity contribution in [3.63, 3.8) is 0 Å². The summed E-state index contributed by atoms with van der Waals surface area (Å²) in [6.45, 7) is 6.88. The summed E-state index contributed by atoms with van der Waals surface area (Å²) < 4.78 is 5.56. The van der Waals surface area contributed by atoms with E-state index in [-0.39, 0.29) is 23.3 Å². The van der Waals surface area contributed by atoms with Gasteiger partial charge in [0.15, 0.2) is 5.76 Å². The number of rotatable bonds is 5. The van der Waals surface area contributed by atoms with Crippen molar-refractivity contribution in [3.8, 4) is 0 Å². The summed E-state index contributed by atoms with van der Waals surface area (Å²) in [5, 5.41) is 9.23. The molecule has 0 spiro atoms. The number of carbonyl (C=O) groups excluding carboxylic acids is 1. The summed E-state index contributed by atoms with van der Waals surface area (Å²) in [6.07, 6.45) is 5.71. The molecule has 0 radical (unpaired) electrons. The van der Waals surface area contributed by atoms with Crippen LogP contribution in [0, 0.1) is 5.92 Å². The van der Waals surface area contributed by atoms with Crippen LogP contribution in [0.15, 0.2) is 10.5 Å². The van der Waals surface area contributed by atoms with Crippen molar-refractivity contribution in [2.45, 2.75) is 65.3 Å². The lowest BCUT2D eigenvalue weighted by molar-refractivity contribution is 0.0625. The number of aromatic carboxylic acids is 1. The van der Waals surface area contributed by atoms with Crippen molar-refractivity contribution in [2.24, 2.45) is 5.92 Å². The number of carbonyl (C=O) groups is 2. The van der Waals surface area contributed by atoms with Gasteiger partial charge in [0, 0.05) is 25.1 Å². The minimum Gasteiger partial charge on any atom is -0.478 e. The minimum absolute atomic E-state index is 0.103. The first-order chi connectivity index (χ1) is 10.9. The number of carboxylic acids is 1. The Labute approximate surface area is 137 Å². The zero-order valence-corrected chi connectivity index (χ0v) is 14.3. The van der Waals surface area contributed by atoms with E-state index in [1.54, 1.807) is 0 Å². The third-order valence-electron chi connectivity index (χ3n) is 4.45. The summed E-state index contributed by atoms with van der Waals surface area (Å²) in [6, 6.07) is 1.61. The predicted molar refractivity (Wildman–Crippen MR) is 87.8 cm³/mol. The molecule has 5 heteroatoms. The Morgan fingerprint density at radius 1 is 1.35 bits per heavy atom. The summed E-state index contributed by atoms with van der Waals surface area (Å²) in [5.74, 6) is -0.157. The lowest BCUT2D eigenvalue weighted by atomic mass is 9.98. The highest BCUT2D eigenvalue weighted by Gasteiger charge is 2.30. The first-order valence-electron chi connectivity index (χ1n) is 8.61. The maximum absolute atomic E-state index is 12.9. The van der Waals surface area contributed by atoms with Crippen molar-refractivity contribution in [2.75, 3.05) is 6.54 Å². The van der Waals surface area contributed by atoms with Gasteiger partial charge in [-0.1, -0.05) is 33.6 Å². The molecule has 0 bridgehead atoms. The van der Waals surface area contributed by atoms with Gasteiger partial charge in [0.25, 0.3) is 5.91 Å². The molecular formula is C18H27NO4. The van der Waals surface area contributed by atoms with E-state index in [1.807, 2.05) is 11.8 Å². The van der Waals surface area contributed by atoms with Gasteiger partial charge in [0.05, 0.1) is 0 Å². The molecule has 2 rings (SSSR count). The van der Waals surface area contributed by atoms with E-state index in [1.165, 1.54) is 6.07 Å². The highest BCUT2D eigenvalue weighted by Crippen LogP contribution is 2.26. The molecule has 1 fully saturated rings. The minimum atomic E-state index is -1.04. The van der Waals surface area contributed by atoms with Crippen LogP contribution in [0.2, 0.25) is 0 Å². The van der Waals surface area contributed by atoms with Crippen LogP contribution in [-0.4, -0.2) is 34.5 Å². The third-order valence-corrected chi connectivity index (χ3v) is 4.45. The van der Waals surface area contributed by atoms with Crippen LogP contribution in [0.3, 0.4) is 0 Å². The van der Waals surface area contributed by atoms with Crippen LogP contribution in [0.5, 0.6) is 0 Å². The van der Waals surface area contributed by atoms with E-state index in [2.05, 4.69) is 13.8 Å². The molecule has 1 atom stereocenters. The molecule has 0 saturated carbocycles. The summed E-state index contributed by atoms with van der Waals surface area (Å²) >= 11 is 0. The van der Waals surface area contributed by atoms with E-state index < -0.39 is 5.97 Å². The number of carboxylic acid groups (broad SMARTS) is 1. The Hall–Kier alpha value is -1.78. The van der Waals surface area contributed by atoms with Crippen molar-refractivity contribution < 1.29 is 19.1 Å². The lowest BCUT2D eigenvalue weighted by Gasteiger charge is -2.30. The Kier molecular flexibility index (Phi) is 5.85. The second-order valence-corrected chi connectivity index (χ2v) is 6.74. The average molecular weight is 321 g/mol. The Bertz CT molecular complexity index is 561. The fraction of sp³-hybridized carbons (Fsp3) is 0.667. The van der Waals surface area contributed by atoms with Gasteiger partial charge in [-0.25, -0.2) is 4.79 Å². The quantitative estimate of drug-likeness (QED) is 0.890. The standard InChI is InChI=1S/C18H27NO4/c1-4-15-14(18(21)22)11-16(23-15)17(20)19-9-7-5-6-8-13(19)10-12(2)3/h11-13H,4-10H2,1-3H3,(H,21,22). The van der Waals surface area contributed by atoms with Gasteiger partial charge in [0.2, 0.25) is 0 Å². The largest absolute Gasteiger partial charge is 0.478 e. The maximum Gasteiger partial charge on any atom is 0.339 e. The van der Waals surface area contributed by atoms with E-state index in [4.69, 9.17) is 4.42 Å². The van der Waals surface area contributed by atoms with Crippen LogP contribution in [0.4, 0.5) is 0 Å². The zero-order valence-electron chi connectivity index (χ0n) is 14.3. The number of amides is 1. The highest BCUT2D eigenvalue weighted by atomic mass is 16.4. The molecular weight excluding hydrogens is 294 g/mol. The predicted octanol–water partition coefficient (Wildman–Crippen LogP) is 3.97. The van der Waals surface area contributed by atoms with Gasteiger partial charge in [0.1, 0.15) is 11.3 Å². The van der Waals surface area contributed by atoms with Crippen molar-refractivity contribution >= 4 is 11.9 Å². The molecule has 128 valence electrons. The number of hydrogen-bond donors (Lipinski definition) is 1. The van der Waals surface area contributed by atoms with Crippen molar-refractivity contribution in [1.82, 2.24) is 4.90 Å². The number of furan rings is 1. The van der Waals surface area contributed by atoms with Gasteiger partial charge in [-0.3, -0.25) is 4.79 Å². The molecule has 1 N–H and O–H groups in total. The molecule has 23 heavy (non-hydrogen) atoms. The van der Waals surface area contributed by atoms with Crippen molar-refractivity contribution in [3.05, 3.63) is 23.2 Å². The second-order valence-electron chi connectivity index (χ2n) is 6.74. The van der Waals surface area contributed by atoms with E-state index >= 15 is 0 Å². The van der Waals surface area contributed by atoms with Crippen LogP contribution in [-0.2, 0) is 6.42 Å². The van der Waals surface area contributed by atoms with Crippen LogP contribution < -0.4 is 0 Å². The molecule has 0 aromatic carbocycles. The van der Waals surface area contributed by atoms with Gasteiger partial charge in [-0.05, 0) is 25.2 Å². The van der Waals surface area contributed by atoms with Gasteiger partial charge in [-0.15, -0.1) is 0 Å². The molecule has 2 heterocycles. The Morgan fingerprint density at radius 3 is 2.65 bits per heavy atom. The van der Waals surface area contributed by atoms with Crippen LogP contribution in [0.1, 0.15) is 79.5 Å². The fourth-order valence-corrected chi connectivity index (χ4v) is 3.35. The molecule has 1 aromatic heterocycles. The van der Waals surface area contributed by atoms with Crippen LogP contribution >= 0.6 is 0 Å². The number of likely N-dealkylation sites (tertiary alicyclic amines) is 1. The molecule has 1 aliphatic heterocycles. The highest BCUT2D eigenvalue weighted by molar-refractivity contribution is 5.96. The van der Waals surface area contributed by atoms with Gasteiger partial charge < -0.3 is 14.4 Å². The van der Waals surface area contributed by atoms with Crippen molar-refractivity contribution in [1.29, 1.82) is 0 Å². The average Bonchev–Trinajstić information content (AvgIpc) is 2.81. The normalized spacial score (nSPS) is 19.0. The SMILES string of the molecule is CCc1oc(C(=O)N2CCCCCC2CC(C)C)cc1C(=O)O. The summed E-state index contributed by atoms with van der Waals surface area (Å²) in [7, 11) is 0. The number of aryl methyl sites for hydroxylation is 1. The zero-order chi connectivity index (χ0) is 17.0. The van der Waals surface area contributed by atoms with Crippen LogP contribution in [0.25, 0.3) is 0 Å². The Balaban J connectivity index is 2.26. The smallest absolute Gasteiger partial charge is 0.339 e. The molecule has 1 amide bonds. The molecule has 1 aromatic rings. The first kappa shape index (κ1) is 17.6. The molecule has 5 nitrogen and oxygen atoms in total. The van der Waals surface area contributed by atoms with Gasteiger partial charge >= 0.3 is 5.97 Å². The molecule has 0 aliphatic carbocycles. The molecule has 1 saturated heterocycles. The molecule has 1 unspecified atom stereocenters. The summed E-state index contributed by atoms with van der Waals surface area (Å²) in [5.41, 5.74) is 0.103. The van der Waals surface area contributed by atoms with E-state index in [0.29, 0.717) is 18.1 Å². The Morgan fingerprint density at radius 2 is 2.09 bits per heavy atom. The number of nitrogens with zero attached hydrogens (tertiary/aromatic N) is 1. The number of hydrogen-bond acceptors (Lipinski definition) is 3. The second kappa shape index (κ2) is 7.66.